The normalized spacial score (nSPS) is 10.1. The smallest absolute Gasteiger partial charge is 0.339 e. The Bertz CT molecular complexity index is 405. The third kappa shape index (κ3) is 3.79. The van der Waals surface area contributed by atoms with Crippen molar-refractivity contribution in [3.63, 3.8) is 0 Å². The molecule has 0 radical (unpaired) electrons. The molecule has 1 rings (SSSR count). The van der Waals surface area contributed by atoms with Crippen molar-refractivity contribution in [1.82, 2.24) is 0 Å². The van der Waals surface area contributed by atoms with E-state index in [-0.39, 0.29) is 17.2 Å². The molecule has 0 bridgehead atoms. The summed E-state index contributed by atoms with van der Waals surface area (Å²) in [6.07, 6.45) is 0.845. The van der Waals surface area contributed by atoms with Crippen molar-refractivity contribution in [1.29, 1.82) is 0 Å². The number of esters is 1. The number of benzene rings is 1. The van der Waals surface area contributed by atoms with E-state index in [1.54, 1.807) is 13.0 Å². The minimum atomic E-state index is -0.499. The molecule has 17 heavy (non-hydrogen) atoms. The maximum Gasteiger partial charge on any atom is 0.339 e. The fourth-order valence-electron chi connectivity index (χ4n) is 1.24. The highest BCUT2D eigenvalue weighted by Crippen LogP contribution is 2.32. The summed E-state index contributed by atoms with van der Waals surface area (Å²) in [6, 6.07) is 3.06. The SMILES string of the molecule is CCCOc1cc(Cl)cc(C(=O)OCC)c1Cl. The average Bonchev–Trinajstić information content (AvgIpc) is 2.30. The molecule has 0 atom stereocenters. The van der Waals surface area contributed by atoms with Gasteiger partial charge in [0, 0.05) is 11.1 Å². The van der Waals surface area contributed by atoms with Gasteiger partial charge in [-0.1, -0.05) is 30.1 Å². The van der Waals surface area contributed by atoms with E-state index in [1.807, 2.05) is 6.92 Å². The van der Waals surface area contributed by atoms with Crippen LogP contribution in [0.15, 0.2) is 12.1 Å². The van der Waals surface area contributed by atoms with Crippen molar-refractivity contribution in [2.45, 2.75) is 20.3 Å². The van der Waals surface area contributed by atoms with Gasteiger partial charge in [0.15, 0.2) is 0 Å². The van der Waals surface area contributed by atoms with E-state index < -0.39 is 5.97 Å². The zero-order chi connectivity index (χ0) is 12.8. The van der Waals surface area contributed by atoms with E-state index in [2.05, 4.69) is 0 Å². The molecule has 0 fully saturated rings. The van der Waals surface area contributed by atoms with Gasteiger partial charge in [-0.3, -0.25) is 0 Å². The molecule has 0 heterocycles. The highest BCUT2D eigenvalue weighted by Gasteiger charge is 2.17. The fraction of sp³-hybridized carbons (Fsp3) is 0.417. The van der Waals surface area contributed by atoms with E-state index in [9.17, 15) is 4.79 Å². The van der Waals surface area contributed by atoms with Crippen LogP contribution in [0.5, 0.6) is 5.75 Å². The lowest BCUT2D eigenvalue weighted by molar-refractivity contribution is 0.0526. The molecule has 0 N–H and O–H groups in total. The topological polar surface area (TPSA) is 35.5 Å². The van der Waals surface area contributed by atoms with Gasteiger partial charge in [-0.15, -0.1) is 0 Å². The minimum absolute atomic E-state index is 0.229. The number of ether oxygens (including phenoxy) is 2. The lowest BCUT2D eigenvalue weighted by atomic mass is 10.2. The van der Waals surface area contributed by atoms with Crippen molar-refractivity contribution in [3.8, 4) is 5.75 Å². The Hall–Kier alpha value is -0.930. The molecular weight excluding hydrogens is 263 g/mol. The molecule has 0 spiro atoms. The molecule has 3 nitrogen and oxygen atoms in total. The second-order valence-corrected chi connectivity index (χ2v) is 4.15. The van der Waals surface area contributed by atoms with E-state index in [0.717, 1.165) is 6.42 Å². The van der Waals surface area contributed by atoms with Gasteiger partial charge >= 0.3 is 5.97 Å². The van der Waals surface area contributed by atoms with Crippen LogP contribution in [-0.4, -0.2) is 19.2 Å². The first-order chi connectivity index (χ1) is 8.10. The maximum absolute atomic E-state index is 11.6. The summed E-state index contributed by atoms with van der Waals surface area (Å²) in [5.41, 5.74) is 0.229. The molecule has 0 unspecified atom stereocenters. The molecule has 0 aliphatic carbocycles. The molecule has 0 aliphatic heterocycles. The lowest BCUT2D eigenvalue weighted by Crippen LogP contribution is -2.07. The summed E-state index contributed by atoms with van der Waals surface area (Å²) < 4.78 is 10.3. The monoisotopic (exact) mass is 276 g/mol. The van der Waals surface area contributed by atoms with Gasteiger partial charge in [0.2, 0.25) is 0 Å². The highest BCUT2D eigenvalue weighted by atomic mass is 35.5. The summed E-state index contributed by atoms with van der Waals surface area (Å²) >= 11 is 12.0. The summed E-state index contributed by atoms with van der Waals surface area (Å²) in [6.45, 7) is 4.50. The zero-order valence-corrected chi connectivity index (χ0v) is 11.3. The Kier molecular flexibility index (Phi) is 5.59. The standard InChI is InChI=1S/C12H14Cl2O3/c1-3-5-17-10-7-8(13)6-9(11(10)14)12(15)16-4-2/h6-7H,3-5H2,1-2H3. The number of halogens is 2. The number of rotatable bonds is 5. The van der Waals surface area contributed by atoms with Crippen LogP contribution in [0, 0.1) is 0 Å². The van der Waals surface area contributed by atoms with Gasteiger partial charge in [0.1, 0.15) is 5.75 Å². The van der Waals surface area contributed by atoms with Gasteiger partial charge < -0.3 is 9.47 Å². The number of carbonyl (C=O) groups is 1. The van der Waals surface area contributed by atoms with Crippen molar-refractivity contribution in [3.05, 3.63) is 27.7 Å². The van der Waals surface area contributed by atoms with Gasteiger partial charge in [-0.2, -0.15) is 0 Å². The zero-order valence-electron chi connectivity index (χ0n) is 9.76. The van der Waals surface area contributed by atoms with E-state index >= 15 is 0 Å². The Morgan fingerprint density at radius 2 is 2.00 bits per heavy atom. The summed E-state index contributed by atoms with van der Waals surface area (Å²) in [5.74, 6) is -0.0922. The predicted octanol–water partition coefficient (Wildman–Crippen LogP) is 3.96. The Morgan fingerprint density at radius 3 is 2.59 bits per heavy atom. The van der Waals surface area contributed by atoms with Crippen LogP contribution in [0.3, 0.4) is 0 Å². The second kappa shape index (κ2) is 6.72. The predicted molar refractivity (Wildman–Crippen MR) is 68.2 cm³/mol. The third-order valence-corrected chi connectivity index (χ3v) is 2.57. The number of hydrogen-bond donors (Lipinski definition) is 0. The molecular formula is C12H14Cl2O3. The average molecular weight is 277 g/mol. The van der Waals surface area contributed by atoms with Gasteiger partial charge in [-0.25, -0.2) is 4.79 Å². The van der Waals surface area contributed by atoms with Crippen LogP contribution in [0.25, 0.3) is 0 Å². The van der Waals surface area contributed by atoms with Crippen molar-refractivity contribution < 1.29 is 14.3 Å². The van der Waals surface area contributed by atoms with Crippen molar-refractivity contribution in [2.24, 2.45) is 0 Å². The van der Waals surface area contributed by atoms with Gasteiger partial charge in [0.25, 0.3) is 0 Å². The quantitative estimate of drug-likeness (QED) is 0.764. The van der Waals surface area contributed by atoms with E-state index in [0.29, 0.717) is 17.4 Å². The van der Waals surface area contributed by atoms with Crippen LogP contribution >= 0.6 is 23.2 Å². The fourth-order valence-corrected chi connectivity index (χ4v) is 1.69. The second-order valence-electron chi connectivity index (χ2n) is 3.33. The number of carbonyl (C=O) groups excluding carboxylic acids is 1. The molecule has 5 heteroatoms. The molecule has 0 aromatic heterocycles. The summed E-state index contributed by atoms with van der Waals surface area (Å²) in [5, 5.41) is 0.629. The minimum Gasteiger partial charge on any atom is -0.492 e. The van der Waals surface area contributed by atoms with Gasteiger partial charge in [-0.05, 0) is 19.4 Å². The van der Waals surface area contributed by atoms with Crippen molar-refractivity contribution >= 4 is 29.2 Å². The van der Waals surface area contributed by atoms with Crippen LogP contribution < -0.4 is 4.74 Å². The van der Waals surface area contributed by atoms with Crippen LogP contribution in [-0.2, 0) is 4.74 Å². The molecule has 1 aromatic rings. The highest BCUT2D eigenvalue weighted by molar-refractivity contribution is 6.37. The Morgan fingerprint density at radius 1 is 1.29 bits per heavy atom. The summed E-state index contributed by atoms with van der Waals surface area (Å²) in [4.78, 5) is 11.6. The summed E-state index contributed by atoms with van der Waals surface area (Å²) in [7, 11) is 0. The first-order valence-corrected chi connectivity index (χ1v) is 6.14. The molecule has 0 amide bonds. The van der Waals surface area contributed by atoms with Crippen LogP contribution in [0.1, 0.15) is 30.6 Å². The first kappa shape index (κ1) is 14.1. The van der Waals surface area contributed by atoms with Crippen LogP contribution in [0.2, 0.25) is 10.0 Å². The molecule has 94 valence electrons. The molecule has 0 aliphatic rings. The van der Waals surface area contributed by atoms with Crippen molar-refractivity contribution in [2.75, 3.05) is 13.2 Å². The Labute approximate surface area is 111 Å². The lowest BCUT2D eigenvalue weighted by Gasteiger charge is -2.11. The van der Waals surface area contributed by atoms with E-state index in [1.165, 1.54) is 6.07 Å². The molecule has 0 saturated heterocycles. The molecule has 1 aromatic carbocycles. The Balaban J connectivity index is 3.05. The third-order valence-electron chi connectivity index (χ3n) is 1.96. The molecule has 0 saturated carbocycles. The first-order valence-electron chi connectivity index (χ1n) is 5.39. The van der Waals surface area contributed by atoms with Crippen LogP contribution in [0.4, 0.5) is 0 Å². The van der Waals surface area contributed by atoms with E-state index in [4.69, 9.17) is 32.7 Å². The number of hydrogen-bond acceptors (Lipinski definition) is 3. The largest absolute Gasteiger partial charge is 0.492 e. The maximum atomic E-state index is 11.6. The van der Waals surface area contributed by atoms with Gasteiger partial charge in [0.05, 0.1) is 23.8 Å².